The van der Waals surface area contributed by atoms with Crippen molar-refractivity contribution in [1.82, 2.24) is 10.9 Å². The molecular weight excluding hydrogens is 258 g/mol. The molecule has 0 spiro atoms. The van der Waals surface area contributed by atoms with Gasteiger partial charge in [-0.1, -0.05) is 18.2 Å². The zero-order valence-electron chi connectivity index (χ0n) is 10.0. The fourth-order valence-electron chi connectivity index (χ4n) is 1.18. The van der Waals surface area contributed by atoms with E-state index >= 15 is 0 Å². The minimum Gasteiger partial charge on any atom is -0.434 e. The summed E-state index contributed by atoms with van der Waals surface area (Å²) in [5.74, 6) is -1.06. The third-order valence-electron chi connectivity index (χ3n) is 1.91. The van der Waals surface area contributed by atoms with Crippen molar-refractivity contribution in [3.8, 4) is 5.75 Å². The summed E-state index contributed by atoms with van der Waals surface area (Å²) >= 11 is 0. The van der Waals surface area contributed by atoms with Gasteiger partial charge < -0.3 is 4.74 Å². The molecule has 0 bridgehead atoms. The summed E-state index contributed by atoms with van der Waals surface area (Å²) in [6.07, 6.45) is 2.39. The number of hydrogen-bond donors (Lipinski definition) is 2. The van der Waals surface area contributed by atoms with Crippen molar-refractivity contribution in [1.29, 1.82) is 0 Å². The van der Waals surface area contributed by atoms with Crippen molar-refractivity contribution in [2.45, 2.75) is 13.5 Å². The number of carbonyl (C=O) groups is 2. The Labute approximate surface area is 108 Å². The second kappa shape index (κ2) is 7.10. The minimum absolute atomic E-state index is 0.0407. The summed E-state index contributed by atoms with van der Waals surface area (Å²) in [5, 5.41) is 0. The molecule has 0 fully saturated rings. The molecule has 0 aliphatic carbocycles. The Kier molecular flexibility index (Phi) is 5.46. The van der Waals surface area contributed by atoms with Gasteiger partial charge in [0.25, 0.3) is 5.91 Å². The van der Waals surface area contributed by atoms with E-state index in [-0.39, 0.29) is 5.75 Å². The van der Waals surface area contributed by atoms with Crippen LogP contribution < -0.4 is 15.6 Å². The zero-order chi connectivity index (χ0) is 14.3. The van der Waals surface area contributed by atoms with Crippen molar-refractivity contribution < 1.29 is 23.1 Å². The number of rotatable bonds is 4. The van der Waals surface area contributed by atoms with Crippen molar-refractivity contribution in [3.63, 3.8) is 0 Å². The zero-order valence-corrected chi connectivity index (χ0v) is 10.0. The highest BCUT2D eigenvalue weighted by Gasteiger charge is 2.07. The van der Waals surface area contributed by atoms with Gasteiger partial charge in [0, 0.05) is 18.6 Å². The van der Waals surface area contributed by atoms with Crippen LogP contribution in [0.25, 0.3) is 6.08 Å². The number of nitrogens with one attached hydrogen (secondary N) is 2. The molecule has 0 aliphatic heterocycles. The summed E-state index contributed by atoms with van der Waals surface area (Å²) in [4.78, 5) is 21.8. The smallest absolute Gasteiger partial charge is 0.387 e. The van der Waals surface area contributed by atoms with Crippen LogP contribution in [0.4, 0.5) is 8.78 Å². The Balaban J connectivity index is 2.70. The van der Waals surface area contributed by atoms with Crippen LogP contribution in [-0.4, -0.2) is 18.4 Å². The van der Waals surface area contributed by atoms with Crippen LogP contribution in [0.2, 0.25) is 0 Å². The molecule has 5 nitrogen and oxygen atoms in total. The standard InChI is InChI=1S/C12H12F2N2O3/c1-8(17)15-16-11(18)7-6-9-4-2-3-5-10(9)19-12(13)14/h2-7,12H,1H3,(H,15,17)(H,16,18)/b7-6+. The summed E-state index contributed by atoms with van der Waals surface area (Å²) in [7, 11) is 0. The summed E-state index contributed by atoms with van der Waals surface area (Å²) < 4.78 is 28.6. The molecule has 19 heavy (non-hydrogen) atoms. The number of para-hydroxylation sites is 1. The van der Waals surface area contributed by atoms with Crippen LogP contribution in [0.1, 0.15) is 12.5 Å². The molecule has 2 amide bonds. The van der Waals surface area contributed by atoms with Gasteiger partial charge in [-0.25, -0.2) is 0 Å². The van der Waals surface area contributed by atoms with E-state index < -0.39 is 18.4 Å². The van der Waals surface area contributed by atoms with Crippen LogP contribution in [0.5, 0.6) is 5.75 Å². The normalized spacial score (nSPS) is 10.5. The van der Waals surface area contributed by atoms with Gasteiger partial charge in [-0.2, -0.15) is 8.78 Å². The molecule has 0 saturated carbocycles. The second-order valence-corrected chi connectivity index (χ2v) is 3.42. The third-order valence-corrected chi connectivity index (χ3v) is 1.91. The number of benzene rings is 1. The van der Waals surface area contributed by atoms with Crippen molar-refractivity contribution >= 4 is 17.9 Å². The predicted molar refractivity (Wildman–Crippen MR) is 64.1 cm³/mol. The van der Waals surface area contributed by atoms with Crippen LogP contribution in [0, 0.1) is 0 Å². The van der Waals surface area contributed by atoms with Crippen molar-refractivity contribution in [2.24, 2.45) is 0 Å². The van der Waals surface area contributed by atoms with Gasteiger partial charge in [0.15, 0.2) is 0 Å². The molecule has 7 heteroatoms. The maximum atomic E-state index is 12.1. The Morgan fingerprint density at radius 2 is 1.95 bits per heavy atom. The first-order chi connectivity index (χ1) is 8.99. The number of halogens is 2. The largest absolute Gasteiger partial charge is 0.434 e. The SMILES string of the molecule is CC(=O)NNC(=O)/C=C/c1ccccc1OC(F)F. The number of ether oxygens (including phenoxy) is 1. The molecule has 102 valence electrons. The lowest BCUT2D eigenvalue weighted by Crippen LogP contribution is -2.39. The molecule has 0 saturated heterocycles. The lowest BCUT2D eigenvalue weighted by atomic mass is 10.2. The fourth-order valence-corrected chi connectivity index (χ4v) is 1.18. The van der Waals surface area contributed by atoms with E-state index in [9.17, 15) is 18.4 Å². The number of hydrogen-bond acceptors (Lipinski definition) is 3. The molecular formula is C12H12F2N2O3. The quantitative estimate of drug-likeness (QED) is 0.643. The predicted octanol–water partition coefficient (Wildman–Crippen LogP) is 1.47. The summed E-state index contributed by atoms with van der Waals surface area (Å²) in [6, 6.07) is 6.02. The van der Waals surface area contributed by atoms with Crippen LogP contribution in [0.3, 0.4) is 0 Å². The molecule has 0 unspecified atom stereocenters. The number of alkyl halides is 2. The number of carbonyl (C=O) groups excluding carboxylic acids is 2. The Hall–Kier alpha value is -2.44. The number of amides is 2. The van der Waals surface area contributed by atoms with Crippen LogP contribution in [-0.2, 0) is 9.59 Å². The van der Waals surface area contributed by atoms with E-state index in [1.54, 1.807) is 6.07 Å². The fraction of sp³-hybridized carbons (Fsp3) is 0.167. The van der Waals surface area contributed by atoms with Gasteiger partial charge in [0.05, 0.1) is 0 Å². The van der Waals surface area contributed by atoms with E-state index in [4.69, 9.17) is 0 Å². The highest BCUT2D eigenvalue weighted by Crippen LogP contribution is 2.21. The first-order valence-electron chi connectivity index (χ1n) is 5.27. The Morgan fingerprint density at radius 1 is 1.26 bits per heavy atom. The van der Waals surface area contributed by atoms with Gasteiger partial charge in [0.2, 0.25) is 5.91 Å². The molecule has 0 aliphatic rings. The summed E-state index contributed by atoms with van der Waals surface area (Å²) in [6.45, 7) is -1.71. The van der Waals surface area contributed by atoms with E-state index in [1.807, 2.05) is 0 Å². The molecule has 0 heterocycles. The average Bonchev–Trinajstić information content (AvgIpc) is 2.34. The molecule has 0 radical (unpaired) electrons. The average molecular weight is 270 g/mol. The molecule has 0 aromatic heterocycles. The Bertz CT molecular complexity index is 490. The summed E-state index contributed by atoms with van der Waals surface area (Å²) in [5.41, 5.74) is 4.51. The lowest BCUT2D eigenvalue weighted by molar-refractivity contribution is -0.125. The maximum Gasteiger partial charge on any atom is 0.387 e. The number of hydrazine groups is 1. The Morgan fingerprint density at radius 3 is 2.58 bits per heavy atom. The van der Waals surface area contributed by atoms with E-state index in [0.717, 1.165) is 6.08 Å². The van der Waals surface area contributed by atoms with Gasteiger partial charge in [-0.15, -0.1) is 0 Å². The first kappa shape index (κ1) is 14.6. The van der Waals surface area contributed by atoms with Gasteiger partial charge in [0.1, 0.15) is 5.75 Å². The van der Waals surface area contributed by atoms with Gasteiger partial charge in [-0.05, 0) is 12.1 Å². The molecule has 1 aromatic rings. The van der Waals surface area contributed by atoms with E-state index in [2.05, 4.69) is 15.6 Å². The molecule has 1 aromatic carbocycles. The van der Waals surface area contributed by atoms with Gasteiger partial charge >= 0.3 is 6.61 Å². The van der Waals surface area contributed by atoms with E-state index in [0.29, 0.717) is 5.56 Å². The second-order valence-electron chi connectivity index (χ2n) is 3.42. The molecule has 1 rings (SSSR count). The minimum atomic E-state index is -2.94. The van der Waals surface area contributed by atoms with Crippen molar-refractivity contribution in [2.75, 3.05) is 0 Å². The first-order valence-corrected chi connectivity index (χ1v) is 5.27. The topological polar surface area (TPSA) is 67.4 Å². The van der Waals surface area contributed by atoms with E-state index in [1.165, 1.54) is 31.2 Å². The highest BCUT2D eigenvalue weighted by molar-refractivity contribution is 5.93. The molecule has 0 atom stereocenters. The van der Waals surface area contributed by atoms with Crippen molar-refractivity contribution in [3.05, 3.63) is 35.9 Å². The van der Waals surface area contributed by atoms with Crippen LogP contribution >= 0.6 is 0 Å². The van der Waals surface area contributed by atoms with Gasteiger partial charge in [-0.3, -0.25) is 20.4 Å². The third kappa shape index (κ3) is 5.62. The monoisotopic (exact) mass is 270 g/mol. The highest BCUT2D eigenvalue weighted by atomic mass is 19.3. The molecule has 2 N–H and O–H groups in total. The lowest BCUT2D eigenvalue weighted by Gasteiger charge is -2.07. The maximum absolute atomic E-state index is 12.1. The van der Waals surface area contributed by atoms with Crippen LogP contribution in [0.15, 0.2) is 30.3 Å².